The number of hydrogen-bond acceptors (Lipinski definition) is 0. The molecule has 0 saturated carbocycles. The Bertz CT molecular complexity index is 366. The average molecular weight is 182 g/mol. The van der Waals surface area contributed by atoms with Crippen LogP contribution in [0.4, 0.5) is 0 Å². The summed E-state index contributed by atoms with van der Waals surface area (Å²) in [5, 5.41) is 0. The van der Waals surface area contributed by atoms with Crippen LogP contribution in [0.5, 0.6) is 0 Å². The molecule has 0 bridgehead atoms. The highest BCUT2D eigenvalue weighted by Crippen LogP contribution is 2.19. The van der Waals surface area contributed by atoms with Crippen molar-refractivity contribution in [3.63, 3.8) is 0 Å². The SMILES string of the molecule is C1=CC/C=C\C/C(c2ccccc2)=C\1. The van der Waals surface area contributed by atoms with Crippen LogP contribution < -0.4 is 0 Å². The molecule has 0 atom stereocenters. The molecule has 0 spiro atoms. The van der Waals surface area contributed by atoms with Gasteiger partial charge in [-0.15, -0.1) is 0 Å². The van der Waals surface area contributed by atoms with Gasteiger partial charge in [0.1, 0.15) is 0 Å². The molecule has 0 N–H and O–H groups in total. The second-order valence-corrected chi connectivity index (χ2v) is 3.40. The first-order valence-corrected chi connectivity index (χ1v) is 5.03. The second kappa shape index (κ2) is 4.61. The van der Waals surface area contributed by atoms with E-state index < -0.39 is 0 Å². The second-order valence-electron chi connectivity index (χ2n) is 3.40. The third kappa shape index (κ3) is 2.23. The van der Waals surface area contributed by atoms with Gasteiger partial charge in [0.25, 0.3) is 0 Å². The predicted octanol–water partition coefficient (Wildman–Crippen LogP) is 3.98. The van der Waals surface area contributed by atoms with E-state index in [0.29, 0.717) is 0 Å². The summed E-state index contributed by atoms with van der Waals surface area (Å²) in [6.07, 6.45) is 13.1. The normalized spacial score (nSPS) is 21.9. The maximum Gasteiger partial charge on any atom is -0.00914 e. The molecule has 70 valence electrons. The molecule has 0 heteroatoms. The summed E-state index contributed by atoms with van der Waals surface area (Å²) < 4.78 is 0. The van der Waals surface area contributed by atoms with Crippen LogP contribution >= 0.6 is 0 Å². The van der Waals surface area contributed by atoms with E-state index in [2.05, 4.69) is 60.7 Å². The predicted molar refractivity (Wildman–Crippen MR) is 61.9 cm³/mol. The maximum atomic E-state index is 2.24. The van der Waals surface area contributed by atoms with Crippen LogP contribution in [0.15, 0.2) is 60.7 Å². The van der Waals surface area contributed by atoms with Gasteiger partial charge in [0.05, 0.1) is 0 Å². The average Bonchev–Trinajstić information content (AvgIpc) is 2.18. The van der Waals surface area contributed by atoms with Crippen LogP contribution in [0.1, 0.15) is 18.4 Å². The highest BCUT2D eigenvalue weighted by atomic mass is 14.0. The van der Waals surface area contributed by atoms with Crippen molar-refractivity contribution in [2.75, 3.05) is 0 Å². The molecule has 0 heterocycles. The molecule has 0 radical (unpaired) electrons. The minimum absolute atomic E-state index is 1.04. The molecule has 14 heavy (non-hydrogen) atoms. The monoisotopic (exact) mass is 182 g/mol. The van der Waals surface area contributed by atoms with Crippen molar-refractivity contribution in [2.45, 2.75) is 12.8 Å². The lowest BCUT2D eigenvalue weighted by Gasteiger charge is -2.05. The lowest BCUT2D eigenvalue weighted by atomic mass is 10.0. The molecule has 0 unspecified atom stereocenters. The quantitative estimate of drug-likeness (QED) is 0.576. The molecule has 0 amide bonds. The van der Waals surface area contributed by atoms with Crippen molar-refractivity contribution in [1.29, 1.82) is 0 Å². The van der Waals surface area contributed by atoms with Crippen LogP contribution in [-0.4, -0.2) is 0 Å². The Morgan fingerprint density at radius 1 is 0.857 bits per heavy atom. The molecule has 0 saturated heterocycles. The third-order valence-electron chi connectivity index (χ3n) is 2.35. The topological polar surface area (TPSA) is 0 Å². The van der Waals surface area contributed by atoms with E-state index in [1.54, 1.807) is 0 Å². The molecular formula is C14H14. The van der Waals surface area contributed by atoms with Crippen molar-refractivity contribution in [3.8, 4) is 0 Å². The largest absolute Gasteiger partial charge is 0.0844 e. The van der Waals surface area contributed by atoms with Crippen LogP contribution in [0.2, 0.25) is 0 Å². The zero-order valence-electron chi connectivity index (χ0n) is 8.19. The van der Waals surface area contributed by atoms with Crippen molar-refractivity contribution >= 4 is 5.57 Å². The summed E-state index contributed by atoms with van der Waals surface area (Å²) in [5.74, 6) is 0. The van der Waals surface area contributed by atoms with Crippen molar-refractivity contribution < 1.29 is 0 Å². The molecule has 1 aromatic rings. The van der Waals surface area contributed by atoms with Gasteiger partial charge in [-0.05, 0) is 24.0 Å². The Morgan fingerprint density at radius 3 is 2.57 bits per heavy atom. The fraction of sp³-hybridized carbons (Fsp3) is 0.143. The Morgan fingerprint density at radius 2 is 1.71 bits per heavy atom. The minimum Gasteiger partial charge on any atom is -0.0844 e. The Kier molecular flexibility index (Phi) is 2.97. The zero-order chi connectivity index (χ0) is 9.64. The first kappa shape index (κ1) is 9.01. The molecule has 0 aliphatic heterocycles. The maximum absolute atomic E-state index is 2.24. The van der Waals surface area contributed by atoms with Crippen LogP contribution in [0.25, 0.3) is 5.57 Å². The van der Waals surface area contributed by atoms with E-state index in [9.17, 15) is 0 Å². The van der Waals surface area contributed by atoms with Crippen molar-refractivity contribution in [1.82, 2.24) is 0 Å². The van der Waals surface area contributed by atoms with Crippen molar-refractivity contribution in [2.24, 2.45) is 0 Å². The minimum atomic E-state index is 1.04. The first-order valence-electron chi connectivity index (χ1n) is 5.03. The van der Waals surface area contributed by atoms with Gasteiger partial charge >= 0.3 is 0 Å². The van der Waals surface area contributed by atoms with Gasteiger partial charge in [-0.3, -0.25) is 0 Å². The van der Waals surface area contributed by atoms with E-state index >= 15 is 0 Å². The summed E-state index contributed by atoms with van der Waals surface area (Å²) in [4.78, 5) is 0. The summed E-state index contributed by atoms with van der Waals surface area (Å²) in [6, 6.07) is 10.5. The van der Waals surface area contributed by atoms with Gasteiger partial charge in [0.2, 0.25) is 0 Å². The van der Waals surface area contributed by atoms with Gasteiger partial charge < -0.3 is 0 Å². The Balaban J connectivity index is 2.29. The Labute approximate surface area is 85.3 Å². The van der Waals surface area contributed by atoms with E-state index in [-0.39, 0.29) is 0 Å². The van der Waals surface area contributed by atoms with Gasteiger partial charge in [-0.25, -0.2) is 0 Å². The van der Waals surface area contributed by atoms with Crippen LogP contribution in [0.3, 0.4) is 0 Å². The molecule has 1 aromatic carbocycles. The molecule has 0 nitrogen and oxygen atoms in total. The zero-order valence-corrected chi connectivity index (χ0v) is 8.19. The van der Waals surface area contributed by atoms with E-state index in [4.69, 9.17) is 0 Å². The fourth-order valence-electron chi connectivity index (χ4n) is 1.58. The van der Waals surface area contributed by atoms with Gasteiger partial charge in [0, 0.05) is 0 Å². The number of benzene rings is 1. The molecule has 1 aliphatic rings. The van der Waals surface area contributed by atoms with Crippen LogP contribution in [-0.2, 0) is 0 Å². The standard InChI is InChI=1S/C14H14/c1-2-5-9-13(10-6-3-1)14-11-7-4-8-12-14/h2-9,11-12H,1,10H2/b5-2?,6-3-,13-9+. The summed E-state index contributed by atoms with van der Waals surface area (Å²) in [6.45, 7) is 0. The highest BCUT2D eigenvalue weighted by molar-refractivity contribution is 5.68. The van der Waals surface area contributed by atoms with Gasteiger partial charge in [-0.1, -0.05) is 60.7 Å². The van der Waals surface area contributed by atoms with Crippen molar-refractivity contribution in [3.05, 3.63) is 66.3 Å². The number of hydrogen-bond donors (Lipinski definition) is 0. The Hall–Kier alpha value is -1.56. The van der Waals surface area contributed by atoms with Gasteiger partial charge in [0.15, 0.2) is 0 Å². The number of allylic oxidation sites excluding steroid dienone is 6. The smallest absolute Gasteiger partial charge is 0.00914 e. The lowest BCUT2D eigenvalue weighted by molar-refractivity contribution is 1.30. The summed E-state index contributed by atoms with van der Waals surface area (Å²) >= 11 is 0. The van der Waals surface area contributed by atoms with E-state index in [1.165, 1.54) is 11.1 Å². The number of rotatable bonds is 1. The lowest BCUT2D eigenvalue weighted by Crippen LogP contribution is -1.83. The van der Waals surface area contributed by atoms with Gasteiger partial charge in [-0.2, -0.15) is 0 Å². The molecular weight excluding hydrogens is 168 g/mol. The first-order chi connectivity index (χ1) is 6.97. The van der Waals surface area contributed by atoms with E-state index in [0.717, 1.165) is 12.8 Å². The molecule has 0 fully saturated rings. The molecule has 2 rings (SSSR count). The van der Waals surface area contributed by atoms with E-state index in [1.807, 2.05) is 0 Å². The molecule has 0 aromatic heterocycles. The molecule has 1 aliphatic carbocycles. The van der Waals surface area contributed by atoms with Crippen LogP contribution in [0, 0.1) is 0 Å². The summed E-state index contributed by atoms with van der Waals surface area (Å²) in [5.41, 5.74) is 2.71. The fourth-order valence-corrected chi connectivity index (χ4v) is 1.58. The third-order valence-corrected chi connectivity index (χ3v) is 2.35. The highest BCUT2D eigenvalue weighted by Gasteiger charge is 1.97. The summed E-state index contributed by atoms with van der Waals surface area (Å²) in [7, 11) is 0.